The Morgan fingerprint density at radius 2 is 2.22 bits per heavy atom. The summed E-state index contributed by atoms with van der Waals surface area (Å²) in [6.07, 6.45) is 4.13. The molecular weight excluding hydrogens is 228 g/mol. The quantitative estimate of drug-likeness (QED) is 0.828. The maximum absolute atomic E-state index is 12.5. The summed E-state index contributed by atoms with van der Waals surface area (Å²) < 4.78 is 5.59. The number of rotatable bonds is 3. The number of carbonyl (C=O) groups is 1. The number of nitrogens with two attached hydrogens (primary N) is 1. The first-order chi connectivity index (χ1) is 8.67. The van der Waals surface area contributed by atoms with Crippen LogP contribution in [-0.4, -0.2) is 42.6 Å². The predicted molar refractivity (Wildman–Crippen MR) is 71.1 cm³/mol. The second-order valence-corrected chi connectivity index (χ2v) is 5.78. The number of hydrogen-bond donors (Lipinski definition) is 1. The smallest absolute Gasteiger partial charge is 0.252 e. The highest BCUT2D eigenvalue weighted by molar-refractivity contribution is 5.82. The van der Waals surface area contributed by atoms with Crippen molar-refractivity contribution in [3.63, 3.8) is 0 Å². The van der Waals surface area contributed by atoms with E-state index in [0.29, 0.717) is 12.5 Å². The van der Waals surface area contributed by atoms with E-state index < -0.39 is 0 Å². The third kappa shape index (κ3) is 2.69. The minimum atomic E-state index is -0.225. The van der Waals surface area contributed by atoms with Gasteiger partial charge in [-0.15, -0.1) is 0 Å². The number of piperidine rings is 1. The van der Waals surface area contributed by atoms with Gasteiger partial charge in [0.2, 0.25) is 0 Å². The predicted octanol–water partition coefficient (Wildman–Crippen LogP) is 1.39. The maximum Gasteiger partial charge on any atom is 0.252 e. The van der Waals surface area contributed by atoms with E-state index >= 15 is 0 Å². The fraction of sp³-hybridized carbons (Fsp3) is 0.929. The Hall–Kier alpha value is -0.610. The van der Waals surface area contributed by atoms with Crippen molar-refractivity contribution in [1.29, 1.82) is 0 Å². The molecule has 0 spiro atoms. The molecule has 0 aliphatic carbocycles. The molecule has 4 atom stereocenters. The van der Waals surface area contributed by atoms with Crippen LogP contribution in [0.2, 0.25) is 0 Å². The van der Waals surface area contributed by atoms with Crippen LogP contribution in [0.3, 0.4) is 0 Å². The van der Waals surface area contributed by atoms with E-state index in [9.17, 15) is 4.79 Å². The SMILES string of the molecule is CCC1CCN(C(=O)C2OCCC2C)C(CN)C1. The summed E-state index contributed by atoms with van der Waals surface area (Å²) in [4.78, 5) is 14.5. The zero-order chi connectivity index (χ0) is 13.1. The number of hydrogen-bond acceptors (Lipinski definition) is 3. The number of ether oxygens (including phenoxy) is 1. The molecule has 2 aliphatic heterocycles. The van der Waals surface area contributed by atoms with Gasteiger partial charge in [-0.2, -0.15) is 0 Å². The van der Waals surface area contributed by atoms with Crippen LogP contribution in [0.25, 0.3) is 0 Å². The zero-order valence-electron chi connectivity index (χ0n) is 11.6. The Morgan fingerprint density at radius 1 is 1.44 bits per heavy atom. The molecule has 0 aromatic carbocycles. The summed E-state index contributed by atoms with van der Waals surface area (Å²) in [6, 6.07) is 0.215. The van der Waals surface area contributed by atoms with Crippen molar-refractivity contribution in [2.24, 2.45) is 17.6 Å². The minimum absolute atomic E-state index is 0.171. The molecule has 0 aromatic heterocycles. The largest absolute Gasteiger partial charge is 0.368 e. The lowest BCUT2D eigenvalue weighted by atomic mass is 9.88. The molecule has 4 heteroatoms. The third-order valence-corrected chi connectivity index (χ3v) is 4.59. The van der Waals surface area contributed by atoms with Crippen LogP contribution < -0.4 is 5.73 Å². The second kappa shape index (κ2) is 6.02. The lowest BCUT2D eigenvalue weighted by Crippen LogP contribution is -2.53. The van der Waals surface area contributed by atoms with Crippen molar-refractivity contribution >= 4 is 5.91 Å². The molecule has 2 saturated heterocycles. The van der Waals surface area contributed by atoms with Gasteiger partial charge in [0, 0.05) is 25.7 Å². The van der Waals surface area contributed by atoms with Gasteiger partial charge >= 0.3 is 0 Å². The van der Waals surface area contributed by atoms with Crippen LogP contribution in [0.1, 0.15) is 39.5 Å². The molecule has 0 bridgehead atoms. The number of carbonyl (C=O) groups excluding carboxylic acids is 1. The van der Waals surface area contributed by atoms with E-state index in [1.165, 1.54) is 6.42 Å². The van der Waals surface area contributed by atoms with Crippen molar-refractivity contribution in [3.8, 4) is 0 Å². The van der Waals surface area contributed by atoms with Crippen LogP contribution in [0, 0.1) is 11.8 Å². The van der Waals surface area contributed by atoms with Gasteiger partial charge in [0.15, 0.2) is 0 Å². The molecule has 2 rings (SSSR count). The average Bonchev–Trinajstić information content (AvgIpc) is 2.83. The first kappa shape index (κ1) is 13.8. The van der Waals surface area contributed by atoms with E-state index in [-0.39, 0.29) is 18.1 Å². The molecule has 2 fully saturated rings. The van der Waals surface area contributed by atoms with Gasteiger partial charge in [0.25, 0.3) is 5.91 Å². The summed E-state index contributed by atoms with van der Waals surface area (Å²) in [7, 11) is 0. The van der Waals surface area contributed by atoms with E-state index in [2.05, 4.69) is 13.8 Å². The third-order valence-electron chi connectivity index (χ3n) is 4.59. The van der Waals surface area contributed by atoms with Gasteiger partial charge in [-0.3, -0.25) is 4.79 Å². The molecule has 0 saturated carbocycles. The molecule has 18 heavy (non-hydrogen) atoms. The first-order valence-corrected chi connectivity index (χ1v) is 7.29. The minimum Gasteiger partial charge on any atom is -0.368 e. The van der Waals surface area contributed by atoms with Crippen LogP contribution >= 0.6 is 0 Å². The molecule has 2 heterocycles. The zero-order valence-corrected chi connectivity index (χ0v) is 11.6. The van der Waals surface area contributed by atoms with Crippen LogP contribution in [0.5, 0.6) is 0 Å². The van der Waals surface area contributed by atoms with Gasteiger partial charge in [-0.25, -0.2) is 0 Å². The lowest BCUT2D eigenvalue weighted by molar-refractivity contribution is -0.146. The van der Waals surface area contributed by atoms with Crippen LogP contribution in [-0.2, 0) is 9.53 Å². The van der Waals surface area contributed by atoms with E-state index in [1.54, 1.807) is 0 Å². The Balaban J connectivity index is 2.00. The van der Waals surface area contributed by atoms with Crippen molar-refractivity contribution < 1.29 is 9.53 Å². The summed E-state index contributed by atoms with van der Waals surface area (Å²) in [6.45, 7) is 6.47. The van der Waals surface area contributed by atoms with Crippen LogP contribution in [0.4, 0.5) is 0 Å². The van der Waals surface area contributed by atoms with Crippen molar-refractivity contribution in [2.75, 3.05) is 19.7 Å². The Bertz CT molecular complexity index is 296. The molecule has 104 valence electrons. The highest BCUT2D eigenvalue weighted by atomic mass is 16.5. The van der Waals surface area contributed by atoms with Gasteiger partial charge in [0.1, 0.15) is 6.10 Å². The molecule has 0 aromatic rings. The maximum atomic E-state index is 12.5. The van der Waals surface area contributed by atoms with E-state index in [0.717, 1.165) is 38.3 Å². The first-order valence-electron chi connectivity index (χ1n) is 7.29. The number of amides is 1. The van der Waals surface area contributed by atoms with Gasteiger partial charge < -0.3 is 15.4 Å². The topological polar surface area (TPSA) is 55.6 Å². The highest BCUT2D eigenvalue weighted by Crippen LogP contribution is 2.28. The van der Waals surface area contributed by atoms with Gasteiger partial charge in [0.05, 0.1) is 0 Å². The normalized spacial score (nSPS) is 36.9. The molecule has 1 amide bonds. The van der Waals surface area contributed by atoms with E-state index in [4.69, 9.17) is 10.5 Å². The Morgan fingerprint density at radius 3 is 2.78 bits per heavy atom. The number of likely N-dealkylation sites (tertiary alicyclic amines) is 1. The molecule has 2 aliphatic rings. The van der Waals surface area contributed by atoms with Gasteiger partial charge in [-0.1, -0.05) is 20.3 Å². The fourth-order valence-corrected chi connectivity index (χ4v) is 3.19. The molecule has 0 radical (unpaired) electrons. The summed E-state index contributed by atoms with van der Waals surface area (Å²) in [5.74, 6) is 1.24. The Labute approximate surface area is 110 Å². The Kier molecular flexibility index (Phi) is 4.62. The van der Waals surface area contributed by atoms with Gasteiger partial charge in [-0.05, 0) is 31.1 Å². The molecular formula is C14H26N2O2. The van der Waals surface area contributed by atoms with Crippen molar-refractivity contribution in [2.45, 2.75) is 51.7 Å². The summed E-state index contributed by atoms with van der Waals surface area (Å²) in [5.41, 5.74) is 5.85. The summed E-state index contributed by atoms with van der Waals surface area (Å²) in [5, 5.41) is 0. The molecule has 4 unspecified atom stereocenters. The fourth-order valence-electron chi connectivity index (χ4n) is 3.19. The molecule has 2 N–H and O–H groups in total. The molecule has 4 nitrogen and oxygen atoms in total. The number of nitrogens with zero attached hydrogens (tertiary/aromatic N) is 1. The highest BCUT2D eigenvalue weighted by Gasteiger charge is 2.38. The van der Waals surface area contributed by atoms with Crippen LogP contribution in [0.15, 0.2) is 0 Å². The standard InChI is InChI=1S/C14H26N2O2/c1-3-11-4-6-16(12(8-11)9-15)14(17)13-10(2)5-7-18-13/h10-13H,3-9,15H2,1-2H3. The lowest BCUT2D eigenvalue weighted by Gasteiger charge is -2.40. The van der Waals surface area contributed by atoms with E-state index in [1.807, 2.05) is 4.90 Å². The van der Waals surface area contributed by atoms with Crippen molar-refractivity contribution in [3.05, 3.63) is 0 Å². The summed E-state index contributed by atoms with van der Waals surface area (Å²) >= 11 is 0. The monoisotopic (exact) mass is 254 g/mol. The second-order valence-electron chi connectivity index (χ2n) is 5.78. The van der Waals surface area contributed by atoms with Crippen molar-refractivity contribution in [1.82, 2.24) is 4.90 Å². The average molecular weight is 254 g/mol.